The van der Waals surface area contributed by atoms with Crippen LogP contribution in [0.25, 0.3) is 0 Å². The van der Waals surface area contributed by atoms with E-state index in [1.54, 1.807) is 42.6 Å². The molecule has 3 aromatic rings. The van der Waals surface area contributed by atoms with E-state index in [1.807, 2.05) is 18.2 Å². The van der Waals surface area contributed by atoms with Crippen molar-refractivity contribution in [2.24, 2.45) is 0 Å². The Morgan fingerprint density at radius 3 is 2.61 bits per heavy atom. The van der Waals surface area contributed by atoms with Crippen molar-refractivity contribution < 1.29 is 14.3 Å². The van der Waals surface area contributed by atoms with E-state index in [4.69, 9.17) is 16.3 Å². The second-order valence-electron chi connectivity index (χ2n) is 6.70. The molecule has 0 aliphatic carbocycles. The molecule has 0 bridgehead atoms. The van der Waals surface area contributed by atoms with Crippen molar-refractivity contribution >= 4 is 45.0 Å². The topological polar surface area (TPSA) is 80.3 Å². The van der Waals surface area contributed by atoms with Gasteiger partial charge in [-0.3, -0.25) is 14.6 Å². The van der Waals surface area contributed by atoms with E-state index in [0.717, 1.165) is 10.0 Å². The number of benzene rings is 2. The van der Waals surface area contributed by atoms with Gasteiger partial charge in [-0.2, -0.15) is 0 Å². The summed E-state index contributed by atoms with van der Waals surface area (Å²) in [5, 5.41) is 6.22. The number of carbonyl (C=O) groups excluding carboxylic acids is 2. The van der Waals surface area contributed by atoms with E-state index in [-0.39, 0.29) is 11.8 Å². The summed E-state index contributed by atoms with van der Waals surface area (Å²) in [6.45, 7) is 0.815. The van der Waals surface area contributed by atoms with Crippen LogP contribution in [0.4, 0.5) is 5.69 Å². The summed E-state index contributed by atoms with van der Waals surface area (Å²) in [5.41, 5.74) is 2.10. The number of pyridine rings is 1. The molecule has 0 fully saturated rings. The van der Waals surface area contributed by atoms with Gasteiger partial charge in [0, 0.05) is 35.5 Å². The fraction of sp³-hybridized carbons (Fsp3) is 0.174. The monoisotopic (exact) mass is 501 g/mol. The highest BCUT2D eigenvalue weighted by atomic mass is 79.9. The van der Waals surface area contributed by atoms with Crippen LogP contribution in [-0.4, -0.2) is 23.4 Å². The van der Waals surface area contributed by atoms with Crippen molar-refractivity contribution in [1.29, 1.82) is 0 Å². The number of halogens is 2. The fourth-order valence-electron chi connectivity index (χ4n) is 2.70. The molecule has 2 amide bonds. The standard InChI is InChI=1S/C23H21BrClN3O3/c24-18-7-10-21(20(25)13-18)31-12-2-4-22(29)27-14-16-5-8-19(9-6-16)28-23(30)17-3-1-11-26-15-17/h1,3,5-11,13,15H,2,4,12,14H2,(H,27,29)(H,28,30). The van der Waals surface area contributed by atoms with Gasteiger partial charge in [0.25, 0.3) is 5.91 Å². The summed E-state index contributed by atoms with van der Waals surface area (Å²) in [6, 6.07) is 16.1. The molecule has 2 aromatic carbocycles. The molecule has 0 atom stereocenters. The predicted molar refractivity (Wildman–Crippen MR) is 124 cm³/mol. The maximum absolute atomic E-state index is 12.1. The molecule has 0 radical (unpaired) electrons. The van der Waals surface area contributed by atoms with E-state index >= 15 is 0 Å². The van der Waals surface area contributed by atoms with Crippen molar-refractivity contribution in [1.82, 2.24) is 10.3 Å². The zero-order valence-corrected chi connectivity index (χ0v) is 18.9. The highest BCUT2D eigenvalue weighted by molar-refractivity contribution is 9.10. The Labute approximate surface area is 194 Å². The molecule has 0 aliphatic rings. The third-order valence-electron chi connectivity index (χ3n) is 4.32. The van der Waals surface area contributed by atoms with Gasteiger partial charge in [-0.15, -0.1) is 0 Å². The molecule has 0 aliphatic heterocycles. The van der Waals surface area contributed by atoms with E-state index in [0.29, 0.717) is 48.0 Å². The summed E-state index contributed by atoms with van der Waals surface area (Å²) in [4.78, 5) is 28.1. The summed E-state index contributed by atoms with van der Waals surface area (Å²) < 4.78 is 6.49. The van der Waals surface area contributed by atoms with E-state index in [9.17, 15) is 9.59 Å². The molecule has 0 spiro atoms. The minimum absolute atomic E-state index is 0.0561. The van der Waals surface area contributed by atoms with E-state index < -0.39 is 0 Å². The number of ether oxygens (including phenoxy) is 1. The molecule has 8 heteroatoms. The Balaban J connectivity index is 1.36. The lowest BCUT2D eigenvalue weighted by molar-refractivity contribution is -0.121. The molecule has 0 saturated carbocycles. The highest BCUT2D eigenvalue weighted by Gasteiger charge is 2.07. The molecule has 0 saturated heterocycles. The molecule has 1 aromatic heterocycles. The van der Waals surface area contributed by atoms with Crippen molar-refractivity contribution in [2.75, 3.05) is 11.9 Å². The van der Waals surface area contributed by atoms with Crippen LogP contribution in [0.3, 0.4) is 0 Å². The first-order valence-corrected chi connectivity index (χ1v) is 10.8. The first kappa shape index (κ1) is 22.8. The third-order valence-corrected chi connectivity index (χ3v) is 5.11. The molecule has 160 valence electrons. The fourth-order valence-corrected chi connectivity index (χ4v) is 3.43. The lowest BCUT2D eigenvalue weighted by Crippen LogP contribution is -2.23. The SMILES string of the molecule is O=C(CCCOc1ccc(Br)cc1Cl)NCc1ccc(NC(=O)c2cccnc2)cc1. The Morgan fingerprint density at radius 1 is 1.10 bits per heavy atom. The number of hydrogen-bond donors (Lipinski definition) is 2. The first-order valence-electron chi connectivity index (χ1n) is 9.66. The van der Waals surface area contributed by atoms with Crippen molar-refractivity contribution in [3.8, 4) is 5.75 Å². The molecular weight excluding hydrogens is 482 g/mol. The molecular formula is C23H21BrClN3O3. The number of anilines is 1. The van der Waals surface area contributed by atoms with E-state index in [2.05, 4.69) is 31.5 Å². The van der Waals surface area contributed by atoms with Gasteiger partial charge in [0.05, 0.1) is 17.2 Å². The molecule has 31 heavy (non-hydrogen) atoms. The van der Waals surface area contributed by atoms with Gasteiger partial charge in [-0.25, -0.2) is 0 Å². The first-order chi connectivity index (χ1) is 15.0. The van der Waals surface area contributed by atoms with Gasteiger partial charge in [0.15, 0.2) is 0 Å². The zero-order valence-electron chi connectivity index (χ0n) is 16.6. The predicted octanol–water partition coefficient (Wildman–Crippen LogP) is 5.23. The second kappa shape index (κ2) is 11.5. The molecule has 0 unspecified atom stereocenters. The van der Waals surface area contributed by atoms with Crippen LogP contribution in [0.5, 0.6) is 5.75 Å². The number of rotatable bonds is 9. The van der Waals surface area contributed by atoms with Gasteiger partial charge in [-0.1, -0.05) is 39.7 Å². The molecule has 1 heterocycles. The van der Waals surface area contributed by atoms with Gasteiger partial charge < -0.3 is 15.4 Å². The van der Waals surface area contributed by atoms with Crippen LogP contribution >= 0.6 is 27.5 Å². The van der Waals surface area contributed by atoms with Crippen molar-refractivity contribution in [3.63, 3.8) is 0 Å². The van der Waals surface area contributed by atoms with Crippen molar-refractivity contribution in [3.05, 3.63) is 87.6 Å². The second-order valence-corrected chi connectivity index (χ2v) is 8.02. The van der Waals surface area contributed by atoms with Crippen LogP contribution in [0.15, 0.2) is 71.5 Å². The van der Waals surface area contributed by atoms with Gasteiger partial charge >= 0.3 is 0 Å². The Hall–Kier alpha value is -2.90. The number of nitrogens with one attached hydrogen (secondary N) is 2. The minimum Gasteiger partial charge on any atom is -0.492 e. The maximum atomic E-state index is 12.1. The lowest BCUT2D eigenvalue weighted by Gasteiger charge is -2.09. The van der Waals surface area contributed by atoms with Crippen LogP contribution < -0.4 is 15.4 Å². The maximum Gasteiger partial charge on any atom is 0.257 e. The number of hydrogen-bond acceptors (Lipinski definition) is 4. The van der Waals surface area contributed by atoms with Crippen LogP contribution in [0, 0.1) is 0 Å². The molecule has 2 N–H and O–H groups in total. The average molecular weight is 503 g/mol. The smallest absolute Gasteiger partial charge is 0.257 e. The number of nitrogens with zero attached hydrogens (tertiary/aromatic N) is 1. The number of carbonyl (C=O) groups is 2. The normalized spacial score (nSPS) is 10.4. The van der Waals surface area contributed by atoms with Crippen LogP contribution in [-0.2, 0) is 11.3 Å². The minimum atomic E-state index is -0.221. The van der Waals surface area contributed by atoms with Gasteiger partial charge in [-0.05, 0) is 54.4 Å². The summed E-state index contributed by atoms with van der Waals surface area (Å²) in [7, 11) is 0. The third kappa shape index (κ3) is 7.38. The highest BCUT2D eigenvalue weighted by Crippen LogP contribution is 2.27. The van der Waals surface area contributed by atoms with Gasteiger partial charge in [0.2, 0.25) is 5.91 Å². The summed E-state index contributed by atoms with van der Waals surface area (Å²) in [5.74, 6) is 0.321. The molecule has 6 nitrogen and oxygen atoms in total. The largest absolute Gasteiger partial charge is 0.492 e. The number of aromatic nitrogens is 1. The lowest BCUT2D eigenvalue weighted by atomic mass is 10.2. The number of amides is 2. The van der Waals surface area contributed by atoms with Gasteiger partial charge in [0.1, 0.15) is 5.75 Å². The summed E-state index contributed by atoms with van der Waals surface area (Å²) in [6.07, 6.45) is 4.06. The zero-order chi connectivity index (χ0) is 22.1. The summed E-state index contributed by atoms with van der Waals surface area (Å²) >= 11 is 9.44. The average Bonchev–Trinajstić information content (AvgIpc) is 2.78. The Morgan fingerprint density at radius 2 is 1.90 bits per heavy atom. The Kier molecular flexibility index (Phi) is 8.44. The quantitative estimate of drug-likeness (QED) is 0.393. The molecule has 3 rings (SSSR count). The van der Waals surface area contributed by atoms with E-state index in [1.165, 1.54) is 6.20 Å². The van der Waals surface area contributed by atoms with Crippen LogP contribution in [0.2, 0.25) is 5.02 Å². The van der Waals surface area contributed by atoms with Crippen LogP contribution in [0.1, 0.15) is 28.8 Å². The van der Waals surface area contributed by atoms with Crippen molar-refractivity contribution in [2.45, 2.75) is 19.4 Å². The Bertz CT molecular complexity index is 1030.